The van der Waals surface area contributed by atoms with Crippen LogP contribution in [0.15, 0.2) is 53.4 Å². The second-order valence-electron chi connectivity index (χ2n) is 6.41. The summed E-state index contributed by atoms with van der Waals surface area (Å²) >= 11 is 1.91. The molecule has 0 bridgehead atoms. The third-order valence-corrected chi connectivity index (χ3v) is 5.57. The zero-order valence-electron chi connectivity index (χ0n) is 15.6. The zero-order valence-corrected chi connectivity index (χ0v) is 16.4. The fourth-order valence-corrected chi connectivity index (χ4v) is 4.20. The highest BCUT2D eigenvalue weighted by atomic mass is 32.2. The first-order chi connectivity index (χ1) is 13.2. The van der Waals surface area contributed by atoms with E-state index in [4.69, 9.17) is 9.47 Å². The van der Waals surface area contributed by atoms with Crippen LogP contribution < -0.4 is 9.64 Å². The highest BCUT2D eigenvalue weighted by Gasteiger charge is 2.18. The number of anilines is 1. The van der Waals surface area contributed by atoms with Gasteiger partial charge in [-0.05, 0) is 36.8 Å². The monoisotopic (exact) mass is 389 g/mol. The van der Waals surface area contributed by atoms with Crippen LogP contribution in [0.3, 0.4) is 0 Å². The van der Waals surface area contributed by atoms with Crippen molar-refractivity contribution >= 4 is 17.4 Å². The fraction of sp³-hybridized carbons (Fsp3) is 0.429. The first-order valence-corrected chi connectivity index (χ1v) is 10.3. The first kappa shape index (κ1) is 20.0. The Bertz CT molecular complexity index is 708. The minimum absolute atomic E-state index is 0.446. The molecule has 1 unspecified atom stereocenters. The highest BCUT2D eigenvalue weighted by molar-refractivity contribution is 7.99. The van der Waals surface area contributed by atoms with Crippen molar-refractivity contribution in [1.82, 2.24) is 0 Å². The van der Waals surface area contributed by atoms with Gasteiger partial charge in [-0.3, -0.25) is 0 Å². The second-order valence-corrected chi connectivity index (χ2v) is 7.54. The molecule has 0 radical (unpaired) electrons. The summed E-state index contributed by atoms with van der Waals surface area (Å²) < 4.78 is 11.3. The van der Waals surface area contributed by atoms with E-state index in [1.165, 1.54) is 10.6 Å². The number of aliphatic hydroxyl groups excluding tert-OH is 1. The summed E-state index contributed by atoms with van der Waals surface area (Å²) in [5, 5.41) is 18.7. The Morgan fingerprint density at radius 2 is 1.89 bits per heavy atom. The third-order valence-electron chi connectivity index (χ3n) is 4.53. The van der Waals surface area contributed by atoms with E-state index in [1.807, 2.05) is 43.0 Å². The van der Waals surface area contributed by atoms with Crippen molar-refractivity contribution in [2.24, 2.45) is 0 Å². The number of fused-ring (bicyclic) bond motifs is 1. The Kier molecular flexibility index (Phi) is 7.41. The van der Waals surface area contributed by atoms with E-state index in [0.29, 0.717) is 19.6 Å². The lowest BCUT2D eigenvalue weighted by atomic mass is 10.1. The largest absolute Gasteiger partial charge is 0.492 e. The molecule has 0 spiro atoms. The molecule has 0 saturated heterocycles. The molecule has 0 aromatic heterocycles. The Balaban J connectivity index is 1.49. The summed E-state index contributed by atoms with van der Waals surface area (Å²) in [6, 6.07) is 16.2. The van der Waals surface area contributed by atoms with Crippen LogP contribution >= 0.6 is 11.8 Å². The number of aliphatic hydroxyl groups is 2. The number of para-hydroxylation sites is 1. The van der Waals surface area contributed by atoms with E-state index in [2.05, 4.69) is 29.2 Å². The van der Waals surface area contributed by atoms with Gasteiger partial charge in [-0.2, -0.15) is 0 Å². The van der Waals surface area contributed by atoms with Gasteiger partial charge in [-0.1, -0.05) is 24.3 Å². The van der Waals surface area contributed by atoms with E-state index in [0.717, 1.165) is 30.2 Å². The van der Waals surface area contributed by atoms with Gasteiger partial charge in [-0.25, -0.2) is 0 Å². The average Bonchev–Trinajstić information content (AvgIpc) is 2.69. The number of rotatable bonds is 9. The number of hydrogen-bond donors (Lipinski definition) is 2. The summed E-state index contributed by atoms with van der Waals surface area (Å²) in [6.07, 6.45) is -1.64. The van der Waals surface area contributed by atoms with E-state index < -0.39 is 12.4 Å². The van der Waals surface area contributed by atoms with Crippen LogP contribution in [0.4, 0.5) is 5.69 Å². The minimum atomic E-state index is -1.48. The van der Waals surface area contributed by atoms with E-state index >= 15 is 0 Å². The van der Waals surface area contributed by atoms with Gasteiger partial charge in [0, 0.05) is 30.2 Å². The molecule has 1 heterocycles. The number of nitrogens with zero attached hydrogens (tertiary/aromatic N) is 1. The summed E-state index contributed by atoms with van der Waals surface area (Å²) in [5.74, 6) is 1.92. The molecule has 146 valence electrons. The van der Waals surface area contributed by atoms with E-state index in [9.17, 15) is 10.2 Å². The molecule has 5 nitrogen and oxygen atoms in total. The van der Waals surface area contributed by atoms with Gasteiger partial charge in [0.1, 0.15) is 18.5 Å². The molecule has 0 amide bonds. The number of benzene rings is 2. The Morgan fingerprint density at radius 1 is 1.11 bits per heavy atom. The lowest BCUT2D eigenvalue weighted by molar-refractivity contribution is -0.142. The summed E-state index contributed by atoms with van der Waals surface area (Å²) in [6.45, 7) is 4.79. The predicted molar refractivity (Wildman–Crippen MR) is 109 cm³/mol. The van der Waals surface area contributed by atoms with E-state index in [-0.39, 0.29) is 0 Å². The van der Waals surface area contributed by atoms with E-state index in [1.54, 1.807) is 0 Å². The molecule has 0 saturated carbocycles. The number of hydrogen-bond acceptors (Lipinski definition) is 6. The SMILES string of the molecule is CCOC(Cc1ccc(OCCN2CCSc3ccccc32)cc1)C(O)O. The van der Waals surface area contributed by atoms with Gasteiger partial charge in [0.2, 0.25) is 0 Å². The van der Waals surface area contributed by atoms with Crippen molar-refractivity contribution in [1.29, 1.82) is 0 Å². The minimum Gasteiger partial charge on any atom is -0.492 e. The molecule has 0 fully saturated rings. The van der Waals surface area contributed by atoms with Gasteiger partial charge < -0.3 is 24.6 Å². The fourth-order valence-electron chi connectivity index (χ4n) is 3.15. The molecule has 0 aliphatic carbocycles. The molecule has 27 heavy (non-hydrogen) atoms. The Hall–Kier alpha value is -1.73. The quantitative estimate of drug-likeness (QED) is 0.643. The molecule has 3 rings (SSSR count). The van der Waals surface area contributed by atoms with Crippen molar-refractivity contribution < 1.29 is 19.7 Å². The maximum atomic E-state index is 9.37. The van der Waals surface area contributed by atoms with Crippen LogP contribution in [-0.4, -0.2) is 54.7 Å². The van der Waals surface area contributed by atoms with Crippen LogP contribution in [0.25, 0.3) is 0 Å². The van der Waals surface area contributed by atoms with Gasteiger partial charge in [0.15, 0.2) is 6.29 Å². The van der Waals surface area contributed by atoms with Crippen LogP contribution in [0.5, 0.6) is 5.75 Å². The lowest BCUT2D eigenvalue weighted by Crippen LogP contribution is -2.33. The third kappa shape index (κ3) is 5.62. The van der Waals surface area contributed by atoms with Crippen molar-refractivity contribution in [3.63, 3.8) is 0 Å². The summed E-state index contributed by atoms with van der Waals surface area (Å²) in [7, 11) is 0. The average molecular weight is 390 g/mol. The summed E-state index contributed by atoms with van der Waals surface area (Å²) in [4.78, 5) is 3.71. The molecule has 1 atom stereocenters. The van der Waals surface area contributed by atoms with Gasteiger partial charge >= 0.3 is 0 Å². The maximum Gasteiger partial charge on any atom is 0.178 e. The van der Waals surface area contributed by atoms with Crippen LogP contribution in [0.2, 0.25) is 0 Å². The zero-order chi connectivity index (χ0) is 19.1. The van der Waals surface area contributed by atoms with Crippen molar-refractivity contribution in [3.05, 3.63) is 54.1 Å². The smallest absolute Gasteiger partial charge is 0.178 e. The molecule has 2 aromatic rings. The topological polar surface area (TPSA) is 62.2 Å². The molecular weight excluding hydrogens is 362 g/mol. The highest BCUT2D eigenvalue weighted by Crippen LogP contribution is 2.33. The van der Waals surface area contributed by atoms with Gasteiger partial charge in [0.05, 0.1) is 12.2 Å². The molecule has 2 aromatic carbocycles. The predicted octanol–water partition coefficient (Wildman–Crippen LogP) is 2.94. The van der Waals surface area contributed by atoms with Crippen molar-refractivity contribution in [2.45, 2.75) is 30.6 Å². The van der Waals surface area contributed by atoms with Crippen LogP contribution in [-0.2, 0) is 11.2 Å². The first-order valence-electron chi connectivity index (χ1n) is 9.33. The number of ether oxygens (including phenoxy) is 2. The second kappa shape index (κ2) is 9.99. The van der Waals surface area contributed by atoms with Crippen LogP contribution in [0, 0.1) is 0 Å². The summed E-state index contributed by atoms with van der Waals surface area (Å²) in [5.41, 5.74) is 2.27. The molecular formula is C21H27NO4S. The number of thioether (sulfide) groups is 1. The maximum absolute atomic E-state index is 9.37. The molecule has 6 heteroatoms. The van der Waals surface area contributed by atoms with Gasteiger partial charge in [0.25, 0.3) is 0 Å². The lowest BCUT2D eigenvalue weighted by Gasteiger charge is -2.30. The molecule has 1 aliphatic heterocycles. The van der Waals surface area contributed by atoms with Crippen molar-refractivity contribution in [2.75, 3.05) is 37.0 Å². The van der Waals surface area contributed by atoms with Crippen LogP contribution in [0.1, 0.15) is 12.5 Å². The normalized spacial score (nSPS) is 14.9. The standard InChI is InChI=1S/C21H27NO4S/c1-2-25-19(21(23)24)15-16-7-9-17(10-8-16)26-13-11-22-12-14-27-20-6-4-3-5-18(20)22/h3-10,19,21,23-24H,2,11-15H2,1H3. The molecule has 1 aliphatic rings. The van der Waals surface area contributed by atoms with Crippen molar-refractivity contribution in [3.8, 4) is 5.75 Å². The Morgan fingerprint density at radius 3 is 2.63 bits per heavy atom. The Labute approximate surface area is 164 Å². The van der Waals surface area contributed by atoms with Gasteiger partial charge in [-0.15, -0.1) is 11.8 Å². The molecule has 2 N–H and O–H groups in total.